The van der Waals surface area contributed by atoms with Gasteiger partial charge >= 0.3 is 6.61 Å². The van der Waals surface area contributed by atoms with Crippen molar-refractivity contribution in [2.24, 2.45) is 0 Å². The Balaban J connectivity index is 1.68. The summed E-state index contributed by atoms with van der Waals surface area (Å²) >= 11 is 12.2. The Bertz CT molecular complexity index is 927. The molecule has 1 heterocycles. The molecule has 0 aromatic heterocycles. The summed E-state index contributed by atoms with van der Waals surface area (Å²) in [4.78, 5) is 28.6. The van der Waals surface area contributed by atoms with E-state index in [0.29, 0.717) is 5.56 Å². The summed E-state index contributed by atoms with van der Waals surface area (Å²) in [5, 5.41) is 0.440. The number of piperazine rings is 1. The molecule has 0 spiro atoms. The molecular weight excluding hydrogens is 441 g/mol. The molecule has 0 radical (unpaired) electrons. The maximum atomic E-state index is 12.8. The first-order valence-electron chi connectivity index (χ1n) is 8.97. The highest BCUT2D eigenvalue weighted by Gasteiger charge is 2.28. The van der Waals surface area contributed by atoms with E-state index in [1.165, 1.54) is 42.3 Å². The van der Waals surface area contributed by atoms with Gasteiger partial charge in [0.1, 0.15) is 5.75 Å². The summed E-state index contributed by atoms with van der Waals surface area (Å²) in [6, 6.07) is 8.78. The summed E-state index contributed by atoms with van der Waals surface area (Å²) in [5.74, 6) is -0.614. The fraction of sp³-hybridized carbons (Fsp3) is 0.300. The van der Waals surface area contributed by atoms with Crippen LogP contribution in [0.1, 0.15) is 20.7 Å². The van der Waals surface area contributed by atoms with Crippen LogP contribution in [0, 0.1) is 0 Å². The van der Waals surface area contributed by atoms with Gasteiger partial charge in [0.05, 0.1) is 22.7 Å². The second-order valence-electron chi connectivity index (χ2n) is 6.43. The molecule has 1 saturated heterocycles. The molecule has 1 fully saturated rings. The predicted octanol–water partition coefficient (Wildman–Crippen LogP) is 4.20. The first kappa shape index (κ1) is 22.1. The Morgan fingerprint density at radius 3 is 2.03 bits per heavy atom. The third-order valence-electron chi connectivity index (χ3n) is 4.64. The minimum Gasteiger partial charge on any atom is -0.494 e. The van der Waals surface area contributed by atoms with E-state index in [-0.39, 0.29) is 59.2 Å². The van der Waals surface area contributed by atoms with Gasteiger partial charge < -0.3 is 19.3 Å². The lowest BCUT2D eigenvalue weighted by Crippen LogP contribution is -2.50. The number of benzene rings is 2. The lowest BCUT2D eigenvalue weighted by Gasteiger charge is -2.35. The monoisotopic (exact) mass is 458 g/mol. The molecular formula is C20H18Cl2F2N2O4. The SMILES string of the molecule is COc1c(Cl)cc(C(=O)N2CCN(C(=O)c3ccccc3OC(F)F)CC2)cc1Cl. The van der Waals surface area contributed by atoms with Crippen LogP contribution in [-0.4, -0.2) is 61.5 Å². The van der Waals surface area contributed by atoms with Crippen LogP contribution in [0.25, 0.3) is 0 Å². The second kappa shape index (κ2) is 9.49. The number of hydrogen-bond acceptors (Lipinski definition) is 4. The number of ether oxygens (including phenoxy) is 2. The Morgan fingerprint density at radius 1 is 0.967 bits per heavy atom. The Hall–Kier alpha value is -2.58. The molecule has 1 aliphatic rings. The van der Waals surface area contributed by atoms with Crippen molar-refractivity contribution in [3.05, 3.63) is 57.6 Å². The van der Waals surface area contributed by atoms with Crippen LogP contribution in [0.15, 0.2) is 36.4 Å². The fourth-order valence-corrected chi connectivity index (χ4v) is 3.83. The minimum atomic E-state index is -3.03. The van der Waals surface area contributed by atoms with Crippen LogP contribution in [0.3, 0.4) is 0 Å². The first-order chi connectivity index (χ1) is 14.3. The van der Waals surface area contributed by atoms with Crippen LogP contribution in [-0.2, 0) is 0 Å². The van der Waals surface area contributed by atoms with Gasteiger partial charge in [0.15, 0.2) is 5.75 Å². The summed E-state index contributed by atoms with van der Waals surface area (Å²) in [6.07, 6.45) is 0. The summed E-state index contributed by atoms with van der Waals surface area (Å²) in [7, 11) is 1.43. The van der Waals surface area contributed by atoms with Gasteiger partial charge in [-0.3, -0.25) is 9.59 Å². The van der Waals surface area contributed by atoms with Crippen molar-refractivity contribution in [1.29, 1.82) is 0 Å². The lowest BCUT2D eigenvalue weighted by molar-refractivity contribution is -0.0503. The largest absolute Gasteiger partial charge is 0.494 e. The maximum Gasteiger partial charge on any atom is 0.387 e. The quantitative estimate of drug-likeness (QED) is 0.673. The molecule has 0 atom stereocenters. The molecule has 0 N–H and O–H groups in total. The smallest absolute Gasteiger partial charge is 0.387 e. The van der Waals surface area contributed by atoms with E-state index in [9.17, 15) is 18.4 Å². The Kier molecular flexibility index (Phi) is 6.99. The van der Waals surface area contributed by atoms with E-state index < -0.39 is 12.5 Å². The number of rotatable bonds is 5. The van der Waals surface area contributed by atoms with Crippen molar-refractivity contribution < 1.29 is 27.8 Å². The van der Waals surface area contributed by atoms with Gasteiger partial charge in [-0.1, -0.05) is 35.3 Å². The van der Waals surface area contributed by atoms with Crippen molar-refractivity contribution >= 4 is 35.0 Å². The third kappa shape index (κ3) is 4.76. The van der Waals surface area contributed by atoms with E-state index in [4.69, 9.17) is 27.9 Å². The minimum absolute atomic E-state index is 0.0475. The maximum absolute atomic E-state index is 12.8. The van der Waals surface area contributed by atoms with Crippen LogP contribution >= 0.6 is 23.2 Å². The molecule has 160 valence electrons. The number of halogens is 4. The van der Waals surface area contributed by atoms with E-state index in [2.05, 4.69) is 4.74 Å². The topological polar surface area (TPSA) is 59.1 Å². The van der Waals surface area contributed by atoms with E-state index >= 15 is 0 Å². The standard InChI is InChI=1S/C20H18Cl2F2N2O4/c1-29-17-14(21)10-12(11-15(17)22)18(27)25-6-8-26(9-7-25)19(28)13-4-2-3-5-16(13)30-20(23)24/h2-5,10-11,20H,6-9H2,1H3. The van der Waals surface area contributed by atoms with Crippen molar-refractivity contribution in [3.63, 3.8) is 0 Å². The van der Waals surface area contributed by atoms with Crippen LogP contribution < -0.4 is 9.47 Å². The molecule has 10 heteroatoms. The summed E-state index contributed by atoms with van der Waals surface area (Å²) < 4.78 is 34.7. The van der Waals surface area contributed by atoms with Gasteiger partial charge in [0.2, 0.25) is 0 Å². The third-order valence-corrected chi connectivity index (χ3v) is 5.20. The highest BCUT2D eigenvalue weighted by Crippen LogP contribution is 2.34. The van der Waals surface area contributed by atoms with Gasteiger partial charge in [-0.05, 0) is 24.3 Å². The van der Waals surface area contributed by atoms with Gasteiger partial charge in [0.25, 0.3) is 11.8 Å². The number of hydrogen-bond donors (Lipinski definition) is 0. The van der Waals surface area contributed by atoms with Crippen LogP contribution in [0.5, 0.6) is 11.5 Å². The van der Waals surface area contributed by atoms with Crippen molar-refractivity contribution in [1.82, 2.24) is 9.80 Å². The normalized spacial score (nSPS) is 14.1. The molecule has 2 aromatic carbocycles. The van der Waals surface area contributed by atoms with E-state index in [1.54, 1.807) is 11.0 Å². The zero-order valence-corrected chi connectivity index (χ0v) is 17.4. The van der Waals surface area contributed by atoms with Crippen molar-refractivity contribution in [2.45, 2.75) is 6.61 Å². The molecule has 1 aliphatic heterocycles. The average Bonchev–Trinajstić information content (AvgIpc) is 2.72. The number of methoxy groups -OCH3 is 1. The molecule has 0 bridgehead atoms. The van der Waals surface area contributed by atoms with Gasteiger partial charge in [-0.25, -0.2) is 0 Å². The van der Waals surface area contributed by atoms with Gasteiger partial charge in [-0.2, -0.15) is 8.78 Å². The fourth-order valence-electron chi connectivity index (χ4n) is 3.19. The first-order valence-corrected chi connectivity index (χ1v) is 9.72. The number of nitrogens with zero attached hydrogens (tertiary/aromatic N) is 2. The molecule has 30 heavy (non-hydrogen) atoms. The van der Waals surface area contributed by atoms with Crippen LogP contribution in [0.4, 0.5) is 8.78 Å². The molecule has 2 aromatic rings. The zero-order valence-electron chi connectivity index (χ0n) is 15.9. The zero-order chi connectivity index (χ0) is 21.8. The van der Waals surface area contributed by atoms with Gasteiger partial charge in [-0.15, -0.1) is 0 Å². The van der Waals surface area contributed by atoms with Gasteiger partial charge in [0, 0.05) is 31.7 Å². The number of carbonyl (C=O) groups excluding carboxylic acids is 2. The summed E-state index contributed by atoms with van der Waals surface area (Å²) in [5.41, 5.74) is 0.354. The molecule has 2 amide bonds. The Morgan fingerprint density at radius 2 is 1.50 bits per heavy atom. The second-order valence-corrected chi connectivity index (χ2v) is 7.25. The summed E-state index contributed by atoms with van der Waals surface area (Å²) in [6.45, 7) is -2.01. The molecule has 0 aliphatic carbocycles. The van der Waals surface area contributed by atoms with Crippen molar-refractivity contribution in [2.75, 3.05) is 33.3 Å². The molecule has 6 nitrogen and oxygen atoms in total. The predicted molar refractivity (Wildman–Crippen MR) is 108 cm³/mol. The number of carbonyl (C=O) groups is 2. The molecule has 0 saturated carbocycles. The average molecular weight is 459 g/mol. The highest BCUT2D eigenvalue weighted by molar-refractivity contribution is 6.37. The number of para-hydroxylation sites is 1. The Labute approximate surface area is 181 Å². The number of amides is 2. The number of alkyl halides is 2. The van der Waals surface area contributed by atoms with E-state index in [0.717, 1.165) is 0 Å². The lowest BCUT2D eigenvalue weighted by atomic mass is 10.1. The van der Waals surface area contributed by atoms with E-state index in [1.807, 2.05) is 0 Å². The molecule has 3 rings (SSSR count). The van der Waals surface area contributed by atoms with Crippen molar-refractivity contribution in [3.8, 4) is 11.5 Å². The molecule has 0 unspecified atom stereocenters. The van der Waals surface area contributed by atoms with Crippen LogP contribution in [0.2, 0.25) is 10.0 Å². The highest BCUT2D eigenvalue weighted by atomic mass is 35.5.